The Morgan fingerprint density at radius 2 is 1.77 bits per heavy atom. The number of hydrogen-bond donors (Lipinski definition) is 5. The molecule has 0 radical (unpaired) electrons. The van der Waals surface area contributed by atoms with Gasteiger partial charge in [0.1, 0.15) is 0 Å². The van der Waals surface area contributed by atoms with Gasteiger partial charge in [-0.1, -0.05) is 24.4 Å². The number of carbonyl (C=O) groups is 3. The molecule has 1 aromatic heterocycles. The quantitative estimate of drug-likeness (QED) is 0.299. The first-order valence-corrected chi connectivity index (χ1v) is 7.68. The Bertz CT molecular complexity index is 633. The Morgan fingerprint density at radius 1 is 1.19 bits per heavy atom. The summed E-state index contributed by atoms with van der Waals surface area (Å²) >= 11 is 5.10. The molecule has 1 aromatic rings. The predicted molar refractivity (Wildman–Crippen MR) is 95.8 cm³/mol. The minimum atomic E-state index is -2.74. The standard InChI is InChI=1S/C10H12N2S.C6H8O7/c1-2-6-12-10(13)8-9-5-3-4-7-11-9;7-3(8)1-6(13,5(11)12)2-4(9)10/h2-5,7H,1,6,8H2,(H,12,13);13H,1-2H2,(H,7,8)(H,9,10)(H,11,12). The molecule has 0 saturated carbocycles. The molecule has 0 amide bonds. The molecule has 5 N–H and O–H groups in total. The summed E-state index contributed by atoms with van der Waals surface area (Å²) < 4.78 is 0. The van der Waals surface area contributed by atoms with E-state index in [1.165, 1.54) is 0 Å². The van der Waals surface area contributed by atoms with Crippen molar-refractivity contribution in [3.63, 3.8) is 0 Å². The molecule has 142 valence electrons. The maximum absolute atomic E-state index is 10.3. The lowest BCUT2D eigenvalue weighted by molar-refractivity contribution is -0.170. The van der Waals surface area contributed by atoms with Crippen molar-refractivity contribution in [2.45, 2.75) is 24.9 Å². The van der Waals surface area contributed by atoms with Crippen LogP contribution >= 0.6 is 12.2 Å². The highest BCUT2D eigenvalue weighted by Gasteiger charge is 2.40. The van der Waals surface area contributed by atoms with Crippen molar-refractivity contribution < 1.29 is 34.8 Å². The van der Waals surface area contributed by atoms with Crippen LogP contribution in [0.4, 0.5) is 0 Å². The fourth-order valence-corrected chi connectivity index (χ4v) is 1.86. The van der Waals surface area contributed by atoms with Crippen LogP contribution in [0, 0.1) is 0 Å². The van der Waals surface area contributed by atoms with Gasteiger partial charge in [-0.3, -0.25) is 14.6 Å². The number of pyridine rings is 1. The number of thiocarbonyl (C=S) groups is 1. The second-order valence-electron chi connectivity index (χ2n) is 5.07. The number of carboxylic acid groups (broad SMARTS) is 3. The van der Waals surface area contributed by atoms with Crippen molar-refractivity contribution in [1.29, 1.82) is 0 Å². The van der Waals surface area contributed by atoms with Crippen LogP contribution in [0.25, 0.3) is 0 Å². The van der Waals surface area contributed by atoms with Crippen molar-refractivity contribution in [3.05, 3.63) is 42.7 Å². The molecule has 0 atom stereocenters. The Balaban J connectivity index is 0.000000481. The van der Waals surface area contributed by atoms with Gasteiger partial charge < -0.3 is 25.7 Å². The topological polar surface area (TPSA) is 157 Å². The summed E-state index contributed by atoms with van der Waals surface area (Å²) in [6.45, 7) is 4.32. The average Bonchev–Trinajstić information content (AvgIpc) is 2.53. The molecule has 0 aliphatic rings. The molecule has 0 bridgehead atoms. The van der Waals surface area contributed by atoms with Gasteiger partial charge in [-0.25, -0.2) is 4.79 Å². The SMILES string of the molecule is C=CCNC(=S)Cc1ccccn1.O=C(O)CC(O)(CC(=O)O)C(=O)O. The van der Waals surface area contributed by atoms with Crippen molar-refractivity contribution in [1.82, 2.24) is 10.3 Å². The van der Waals surface area contributed by atoms with Crippen molar-refractivity contribution in [2.75, 3.05) is 6.54 Å². The first-order chi connectivity index (χ1) is 12.1. The van der Waals surface area contributed by atoms with E-state index in [0.29, 0.717) is 13.0 Å². The highest BCUT2D eigenvalue weighted by atomic mass is 32.1. The molecular weight excluding hydrogens is 364 g/mol. The van der Waals surface area contributed by atoms with Crippen molar-refractivity contribution in [3.8, 4) is 0 Å². The Hall–Kier alpha value is -2.85. The Labute approximate surface area is 155 Å². The molecule has 0 spiro atoms. The molecule has 0 fully saturated rings. The third-order valence-electron chi connectivity index (χ3n) is 2.80. The van der Waals surface area contributed by atoms with E-state index >= 15 is 0 Å². The number of aromatic nitrogens is 1. The van der Waals surface area contributed by atoms with E-state index in [9.17, 15) is 14.4 Å². The van der Waals surface area contributed by atoms with E-state index in [2.05, 4.69) is 16.9 Å². The lowest BCUT2D eigenvalue weighted by atomic mass is 9.96. The largest absolute Gasteiger partial charge is 0.481 e. The summed E-state index contributed by atoms with van der Waals surface area (Å²) in [5, 5.41) is 36.9. The van der Waals surface area contributed by atoms with Crippen molar-refractivity contribution in [2.24, 2.45) is 0 Å². The fourth-order valence-electron chi connectivity index (χ4n) is 1.63. The molecule has 0 aliphatic carbocycles. The third kappa shape index (κ3) is 10.1. The summed E-state index contributed by atoms with van der Waals surface area (Å²) in [6, 6.07) is 5.81. The van der Waals surface area contributed by atoms with Gasteiger partial charge in [0.2, 0.25) is 0 Å². The van der Waals surface area contributed by atoms with Crippen molar-refractivity contribution >= 4 is 35.1 Å². The summed E-state index contributed by atoms with van der Waals surface area (Å²) in [7, 11) is 0. The van der Waals surface area contributed by atoms with Crippen LogP contribution in [0.15, 0.2) is 37.1 Å². The zero-order valence-electron chi connectivity index (χ0n) is 13.8. The number of nitrogens with zero attached hydrogens (tertiary/aromatic N) is 1. The van der Waals surface area contributed by atoms with E-state index in [4.69, 9.17) is 32.6 Å². The summed E-state index contributed by atoms with van der Waals surface area (Å²) in [4.78, 5) is 35.5. The maximum atomic E-state index is 10.3. The third-order valence-corrected chi connectivity index (χ3v) is 3.09. The predicted octanol–water partition coefficient (Wildman–Crippen LogP) is 0.479. The average molecular weight is 384 g/mol. The molecule has 0 aromatic carbocycles. The molecule has 0 unspecified atom stereocenters. The van der Waals surface area contributed by atoms with E-state index in [1.807, 2.05) is 18.2 Å². The minimum Gasteiger partial charge on any atom is -0.481 e. The minimum absolute atomic E-state index is 0.698. The van der Waals surface area contributed by atoms with Gasteiger partial charge in [0, 0.05) is 24.9 Å². The van der Waals surface area contributed by atoms with Crippen LogP contribution in [0.1, 0.15) is 18.5 Å². The number of rotatable bonds is 9. The van der Waals surface area contributed by atoms with Gasteiger partial charge in [0.15, 0.2) is 5.60 Å². The van der Waals surface area contributed by atoms with Gasteiger partial charge in [-0.2, -0.15) is 0 Å². The number of nitrogens with one attached hydrogen (secondary N) is 1. The molecule has 1 heterocycles. The molecule has 9 nitrogen and oxygen atoms in total. The monoisotopic (exact) mass is 384 g/mol. The van der Waals surface area contributed by atoms with Crippen LogP contribution in [-0.4, -0.2) is 60.5 Å². The van der Waals surface area contributed by atoms with Gasteiger partial charge in [-0.05, 0) is 12.1 Å². The zero-order valence-corrected chi connectivity index (χ0v) is 14.6. The van der Waals surface area contributed by atoms with Gasteiger partial charge in [0.05, 0.1) is 17.8 Å². The second-order valence-corrected chi connectivity index (χ2v) is 5.56. The van der Waals surface area contributed by atoms with Crippen LogP contribution in [0.2, 0.25) is 0 Å². The molecule has 1 rings (SSSR count). The molecule has 10 heteroatoms. The van der Waals surface area contributed by atoms with E-state index in [-0.39, 0.29) is 0 Å². The smallest absolute Gasteiger partial charge is 0.336 e. The van der Waals surface area contributed by atoms with Crippen LogP contribution in [0.5, 0.6) is 0 Å². The number of carboxylic acids is 3. The number of hydrogen-bond acceptors (Lipinski definition) is 6. The van der Waals surface area contributed by atoms with E-state index in [1.54, 1.807) is 12.3 Å². The normalized spacial score (nSPS) is 10.0. The maximum Gasteiger partial charge on any atom is 0.336 e. The molecule has 0 aliphatic heterocycles. The lowest BCUT2D eigenvalue weighted by Crippen LogP contribution is -2.42. The summed E-state index contributed by atoms with van der Waals surface area (Å²) in [6.07, 6.45) is 1.96. The zero-order chi connectivity index (χ0) is 20.2. The Morgan fingerprint density at radius 3 is 2.15 bits per heavy atom. The summed E-state index contributed by atoms with van der Waals surface area (Å²) in [5.41, 5.74) is -1.75. The van der Waals surface area contributed by atoms with Gasteiger partial charge in [-0.15, -0.1) is 6.58 Å². The molecule has 0 saturated heterocycles. The highest BCUT2D eigenvalue weighted by molar-refractivity contribution is 7.80. The first-order valence-electron chi connectivity index (χ1n) is 7.27. The van der Waals surface area contributed by atoms with Crippen LogP contribution < -0.4 is 5.32 Å². The first kappa shape index (κ1) is 23.1. The Kier molecular flexibility index (Phi) is 10.4. The van der Waals surface area contributed by atoms with E-state index in [0.717, 1.165) is 10.7 Å². The number of aliphatic hydroxyl groups is 1. The number of aliphatic carboxylic acids is 3. The van der Waals surface area contributed by atoms with E-state index < -0.39 is 36.4 Å². The lowest BCUT2D eigenvalue weighted by Gasteiger charge is -2.18. The van der Waals surface area contributed by atoms with Gasteiger partial charge >= 0.3 is 17.9 Å². The van der Waals surface area contributed by atoms with Gasteiger partial charge in [0.25, 0.3) is 0 Å². The second kappa shape index (κ2) is 11.7. The fraction of sp³-hybridized carbons (Fsp3) is 0.312. The highest BCUT2D eigenvalue weighted by Crippen LogP contribution is 2.15. The van der Waals surface area contributed by atoms with Crippen LogP contribution in [-0.2, 0) is 20.8 Å². The summed E-state index contributed by atoms with van der Waals surface area (Å²) in [5.74, 6) is -5.02. The molecule has 26 heavy (non-hydrogen) atoms. The van der Waals surface area contributed by atoms with Crippen LogP contribution in [0.3, 0.4) is 0 Å². The molecular formula is C16H20N2O7S.